The van der Waals surface area contributed by atoms with E-state index in [-0.39, 0.29) is 29.1 Å². The lowest BCUT2D eigenvalue weighted by Gasteiger charge is -2.38. The number of likely N-dealkylation sites (N-methyl/N-ethyl adjacent to an activating group) is 1. The molecule has 33 heavy (non-hydrogen) atoms. The number of hydrogen-bond donors (Lipinski definition) is 2. The van der Waals surface area contributed by atoms with Gasteiger partial charge in [-0.25, -0.2) is 13.1 Å². The third kappa shape index (κ3) is 4.28. The molecule has 0 amide bonds. The summed E-state index contributed by atoms with van der Waals surface area (Å²) < 4.78 is 29.0. The predicted octanol–water partition coefficient (Wildman–Crippen LogP) is 4.46. The average Bonchev–Trinajstić information content (AvgIpc) is 2.95. The Kier molecular flexibility index (Phi) is 5.95. The van der Waals surface area contributed by atoms with Crippen molar-refractivity contribution in [2.45, 2.75) is 42.7 Å². The SMILES string of the molecule is CN1CCc2cc(Cl)c(O)cc2[C@H]2c3cc(S(=O)(=O)NCc4ccccc4)ccc3CC[C@@H]21. The minimum Gasteiger partial charge on any atom is -0.506 e. The fourth-order valence-electron chi connectivity index (χ4n) is 5.23. The topological polar surface area (TPSA) is 69.6 Å². The van der Waals surface area contributed by atoms with Crippen LogP contribution in [-0.4, -0.2) is 38.1 Å². The highest BCUT2D eigenvalue weighted by molar-refractivity contribution is 7.89. The Morgan fingerprint density at radius 3 is 2.58 bits per heavy atom. The largest absolute Gasteiger partial charge is 0.506 e. The van der Waals surface area contributed by atoms with Gasteiger partial charge in [-0.05, 0) is 78.4 Å². The summed E-state index contributed by atoms with van der Waals surface area (Å²) in [5, 5.41) is 10.7. The predicted molar refractivity (Wildman–Crippen MR) is 130 cm³/mol. The lowest BCUT2D eigenvalue weighted by molar-refractivity contribution is 0.214. The molecular weight excluding hydrogens is 456 g/mol. The van der Waals surface area contributed by atoms with E-state index in [4.69, 9.17) is 11.6 Å². The fraction of sp³-hybridized carbons (Fsp3) is 0.308. The summed E-state index contributed by atoms with van der Waals surface area (Å²) in [4.78, 5) is 2.62. The number of rotatable bonds is 4. The summed E-state index contributed by atoms with van der Waals surface area (Å²) in [5.41, 5.74) is 5.24. The van der Waals surface area contributed by atoms with Gasteiger partial charge in [-0.15, -0.1) is 0 Å². The van der Waals surface area contributed by atoms with E-state index in [1.54, 1.807) is 12.1 Å². The molecule has 5 nitrogen and oxygen atoms in total. The van der Waals surface area contributed by atoms with E-state index in [1.807, 2.05) is 48.5 Å². The lowest BCUT2D eigenvalue weighted by atomic mass is 9.74. The highest BCUT2D eigenvalue weighted by Gasteiger charge is 2.37. The van der Waals surface area contributed by atoms with Crippen LogP contribution in [0, 0.1) is 0 Å². The van der Waals surface area contributed by atoms with Gasteiger partial charge in [0.1, 0.15) is 5.75 Å². The van der Waals surface area contributed by atoms with Gasteiger partial charge in [0.05, 0.1) is 9.92 Å². The van der Waals surface area contributed by atoms with E-state index in [9.17, 15) is 13.5 Å². The van der Waals surface area contributed by atoms with E-state index in [1.165, 1.54) is 0 Å². The summed E-state index contributed by atoms with van der Waals surface area (Å²) in [6, 6.07) is 18.8. The monoisotopic (exact) mass is 482 g/mol. The van der Waals surface area contributed by atoms with Gasteiger partial charge in [-0.1, -0.05) is 48.0 Å². The number of aryl methyl sites for hydroxylation is 1. The minimum atomic E-state index is -3.68. The van der Waals surface area contributed by atoms with Gasteiger partial charge in [0, 0.05) is 25.0 Å². The van der Waals surface area contributed by atoms with E-state index >= 15 is 0 Å². The summed E-state index contributed by atoms with van der Waals surface area (Å²) in [6.45, 7) is 1.13. The second-order valence-corrected chi connectivity index (χ2v) is 11.2. The quantitative estimate of drug-likeness (QED) is 0.576. The molecular formula is C26H27ClN2O3S. The van der Waals surface area contributed by atoms with Gasteiger partial charge in [0.25, 0.3) is 0 Å². The van der Waals surface area contributed by atoms with E-state index in [2.05, 4.69) is 16.7 Å². The number of aromatic hydroxyl groups is 1. The standard InChI is InChI=1S/C26H27ClN2O3S/c1-29-12-11-19-13-23(27)25(30)15-22(19)26-21-14-20(9-7-18(21)8-10-24(26)29)33(31,32)28-16-17-5-3-2-4-6-17/h2-7,9,13-15,24,26,28,30H,8,10-12,16H2,1H3/t24-,26+/m0/s1. The number of fused-ring (bicyclic) bond motifs is 5. The maximum atomic E-state index is 13.1. The molecule has 0 radical (unpaired) electrons. The van der Waals surface area contributed by atoms with Gasteiger partial charge in [0.2, 0.25) is 10.0 Å². The molecule has 2 aliphatic rings. The molecule has 0 saturated carbocycles. The van der Waals surface area contributed by atoms with Gasteiger partial charge in [-0.2, -0.15) is 0 Å². The van der Waals surface area contributed by atoms with E-state index in [0.29, 0.717) is 5.02 Å². The first kappa shape index (κ1) is 22.4. The molecule has 0 bridgehead atoms. The highest BCUT2D eigenvalue weighted by atomic mass is 35.5. The number of nitrogens with one attached hydrogen (secondary N) is 1. The van der Waals surface area contributed by atoms with Crippen LogP contribution in [0.25, 0.3) is 0 Å². The van der Waals surface area contributed by atoms with Crippen molar-refractivity contribution in [3.63, 3.8) is 0 Å². The van der Waals surface area contributed by atoms with Crippen LogP contribution >= 0.6 is 11.6 Å². The summed E-state index contributed by atoms with van der Waals surface area (Å²) in [5.74, 6) is 0.0443. The van der Waals surface area contributed by atoms with Crippen molar-refractivity contribution in [3.8, 4) is 5.75 Å². The zero-order valence-corrected chi connectivity index (χ0v) is 20.0. The molecule has 5 rings (SSSR count). The molecule has 0 fully saturated rings. The molecule has 1 aliphatic heterocycles. The van der Waals surface area contributed by atoms with Crippen molar-refractivity contribution in [1.82, 2.24) is 9.62 Å². The number of phenolic OH excluding ortho intramolecular Hbond substituents is 1. The van der Waals surface area contributed by atoms with Crippen LogP contribution in [0.2, 0.25) is 5.02 Å². The van der Waals surface area contributed by atoms with Crippen LogP contribution in [0.3, 0.4) is 0 Å². The van der Waals surface area contributed by atoms with Crippen molar-refractivity contribution < 1.29 is 13.5 Å². The first-order chi connectivity index (χ1) is 15.8. The minimum absolute atomic E-state index is 0.0244. The Hall–Kier alpha value is -2.38. The van der Waals surface area contributed by atoms with Crippen molar-refractivity contribution in [2.75, 3.05) is 13.6 Å². The van der Waals surface area contributed by atoms with Crippen molar-refractivity contribution in [2.24, 2.45) is 0 Å². The Labute approximate surface area is 200 Å². The van der Waals surface area contributed by atoms with E-state index in [0.717, 1.165) is 53.6 Å². The molecule has 3 aromatic rings. The van der Waals surface area contributed by atoms with Crippen LogP contribution < -0.4 is 4.72 Å². The molecule has 7 heteroatoms. The van der Waals surface area contributed by atoms with Crippen molar-refractivity contribution in [3.05, 3.63) is 93.5 Å². The van der Waals surface area contributed by atoms with Gasteiger partial charge < -0.3 is 10.0 Å². The van der Waals surface area contributed by atoms with Crippen LogP contribution in [0.15, 0.2) is 65.6 Å². The van der Waals surface area contributed by atoms with Gasteiger partial charge >= 0.3 is 0 Å². The normalized spacial score (nSPS) is 20.4. The fourth-order valence-corrected chi connectivity index (χ4v) is 6.47. The van der Waals surface area contributed by atoms with Crippen molar-refractivity contribution in [1.29, 1.82) is 0 Å². The second kappa shape index (κ2) is 8.76. The van der Waals surface area contributed by atoms with Crippen LogP contribution in [-0.2, 0) is 29.4 Å². The molecule has 1 heterocycles. The number of benzene rings is 3. The molecule has 0 spiro atoms. The maximum Gasteiger partial charge on any atom is 0.240 e. The summed E-state index contributed by atoms with van der Waals surface area (Å²) >= 11 is 6.23. The highest BCUT2D eigenvalue weighted by Crippen LogP contribution is 2.45. The number of phenols is 1. The molecule has 172 valence electrons. The first-order valence-corrected chi connectivity index (χ1v) is 13.1. The Morgan fingerprint density at radius 2 is 1.79 bits per heavy atom. The maximum absolute atomic E-state index is 13.1. The first-order valence-electron chi connectivity index (χ1n) is 11.2. The van der Waals surface area contributed by atoms with Gasteiger partial charge in [-0.3, -0.25) is 0 Å². The molecule has 2 atom stereocenters. The van der Waals surface area contributed by atoms with Crippen molar-refractivity contribution >= 4 is 21.6 Å². The van der Waals surface area contributed by atoms with Crippen LogP contribution in [0.1, 0.15) is 40.2 Å². The number of nitrogens with zero attached hydrogens (tertiary/aromatic N) is 1. The number of halogens is 1. The Bertz CT molecular complexity index is 1290. The molecule has 3 aromatic carbocycles. The Balaban J connectivity index is 1.56. The summed E-state index contributed by atoms with van der Waals surface area (Å²) in [7, 11) is -1.56. The number of hydrogen-bond acceptors (Lipinski definition) is 4. The average molecular weight is 483 g/mol. The van der Waals surface area contributed by atoms with Crippen LogP contribution in [0.4, 0.5) is 0 Å². The molecule has 0 unspecified atom stereocenters. The zero-order valence-electron chi connectivity index (χ0n) is 18.5. The number of sulfonamides is 1. The molecule has 0 saturated heterocycles. The smallest absolute Gasteiger partial charge is 0.240 e. The third-order valence-corrected chi connectivity index (χ3v) is 8.71. The second-order valence-electron chi connectivity index (χ2n) is 8.99. The lowest BCUT2D eigenvalue weighted by Crippen LogP contribution is -2.39. The van der Waals surface area contributed by atoms with Gasteiger partial charge in [0.15, 0.2) is 0 Å². The Morgan fingerprint density at radius 1 is 1.03 bits per heavy atom. The zero-order chi connectivity index (χ0) is 23.2. The van der Waals surface area contributed by atoms with E-state index < -0.39 is 10.0 Å². The molecule has 0 aromatic heterocycles. The third-order valence-electron chi connectivity index (χ3n) is 7.01. The molecule has 2 N–H and O–H groups in total. The van der Waals surface area contributed by atoms with Crippen LogP contribution in [0.5, 0.6) is 5.75 Å². The molecule has 1 aliphatic carbocycles. The summed E-state index contributed by atoms with van der Waals surface area (Å²) in [6.07, 6.45) is 2.72.